The van der Waals surface area contributed by atoms with Gasteiger partial charge in [0.1, 0.15) is 11.3 Å². The van der Waals surface area contributed by atoms with Crippen LogP contribution in [-0.2, 0) is 11.2 Å². The molecule has 0 aliphatic carbocycles. The highest BCUT2D eigenvalue weighted by Crippen LogP contribution is 2.28. The van der Waals surface area contributed by atoms with Crippen LogP contribution in [0.1, 0.15) is 24.2 Å². The van der Waals surface area contributed by atoms with Crippen molar-refractivity contribution in [3.63, 3.8) is 0 Å². The van der Waals surface area contributed by atoms with Gasteiger partial charge in [0.25, 0.3) is 0 Å². The van der Waals surface area contributed by atoms with Gasteiger partial charge in [-0.25, -0.2) is 0 Å². The highest BCUT2D eigenvalue weighted by atomic mass is 16.3. The van der Waals surface area contributed by atoms with E-state index >= 15 is 0 Å². The number of benzene rings is 1. The molecule has 112 valence electrons. The number of hydrogen-bond acceptors (Lipinski definition) is 3. The van der Waals surface area contributed by atoms with Crippen molar-refractivity contribution in [2.75, 3.05) is 19.6 Å². The van der Waals surface area contributed by atoms with E-state index < -0.39 is 0 Å². The topological polar surface area (TPSA) is 59.5 Å². The van der Waals surface area contributed by atoms with Crippen LogP contribution in [0.25, 0.3) is 11.0 Å². The van der Waals surface area contributed by atoms with Gasteiger partial charge in [-0.2, -0.15) is 0 Å². The number of nitrogens with zero attached hydrogens (tertiary/aromatic N) is 1. The molecular formula is C17H22N2O2. The number of carbonyl (C=O) groups excluding carboxylic acids is 1. The summed E-state index contributed by atoms with van der Waals surface area (Å²) in [7, 11) is 0. The van der Waals surface area contributed by atoms with Crippen LogP contribution in [0.2, 0.25) is 0 Å². The fourth-order valence-electron chi connectivity index (χ4n) is 3.19. The third-order valence-corrected chi connectivity index (χ3v) is 4.40. The van der Waals surface area contributed by atoms with E-state index in [-0.39, 0.29) is 11.8 Å². The van der Waals surface area contributed by atoms with Crippen molar-refractivity contribution in [2.45, 2.75) is 26.2 Å². The third kappa shape index (κ3) is 2.68. The lowest BCUT2D eigenvalue weighted by atomic mass is 9.96. The minimum Gasteiger partial charge on any atom is -0.461 e. The van der Waals surface area contributed by atoms with Gasteiger partial charge in [0.05, 0.1) is 5.92 Å². The van der Waals surface area contributed by atoms with Crippen LogP contribution in [0.4, 0.5) is 0 Å². The molecule has 3 rings (SSSR count). The zero-order valence-electron chi connectivity index (χ0n) is 12.5. The monoisotopic (exact) mass is 286 g/mol. The molecule has 1 amide bonds. The normalized spacial score (nSPS) is 16.6. The first kappa shape index (κ1) is 14.1. The Bertz CT molecular complexity index is 641. The average Bonchev–Trinajstić information content (AvgIpc) is 3.12. The van der Waals surface area contributed by atoms with Crippen LogP contribution in [0.3, 0.4) is 0 Å². The maximum Gasteiger partial charge on any atom is 0.227 e. The van der Waals surface area contributed by atoms with Gasteiger partial charge in [-0.3, -0.25) is 4.79 Å². The Kier molecular flexibility index (Phi) is 3.97. The maximum atomic E-state index is 12.6. The molecule has 21 heavy (non-hydrogen) atoms. The van der Waals surface area contributed by atoms with E-state index in [1.165, 1.54) is 0 Å². The van der Waals surface area contributed by atoms with Crippen molar-refractivity contribution in [3.05, 3.63) is 35.6 Å². The van der Waals surface area contributed by atoms with Gasteiger partial charge in [0.2, 0.25) is 5.91 Å². The van der Waals surface area contributed by atoms with Gasteiger partial charge in [-0.15, -0.1) is 0 Å². The molecule has 1 saturated heterocycles. The van der Waals surface area contributed by atoms with Crippen LogP contribution in [-0.4, -0.2) is 30.4 Å². The van der Waals surface area contributed by atoms with Gasteiger partial charge in [0.15, 0.2) is 0 Å². The number of carbonyl (C=O) groups is 1. The van der Waals surface area contributed by atoms with Crippen LogP contribution in [0.15, 0.2) is 28.7 Å². The van der Waals surface area contributed by atoms with Crippen LogP contribution < -0.4 is 5.73 Å². The number of rotatable bonds is 4. The average molecular weight is 286 g/mol. The molecule has 2 heterocycles. The quantitative estimate of drug-likeness (QED) is 0.939. The number of amides is 1. The van der Waals surface area contributed by atoms with E-state index in [1.807, 2.05) is 30.0 Å². The molecule has 1 unspecified atom stereocenters. The second kappa shape index (κ2) is 5.90. The molecule has 0 spiro atoms. The highest BCUT2D eigenvalue weighted by molar-refractivity contribution is 5.84. The van der Waals surface area contributed by atoms with E-state index in [0.717, 1.165) is 48.2 Å². The fourth-order valence-corrected chi connectivity index (χ4v) is 3.19. The molecule has 1 aliphatic rings. The number of furan rings is 1. The summed E-state index contributed by atoms with van der Waals surface area (Å²) < 4.78 is 5.78. The Morgan fingerprint density at radius 1 is 1.33 bits per heavy atom. The number of hydrogen-bond donors (Lipinski definition) is 1. The summed E-state index contributed by atoms with van der Waals surface area (Å²) in [5, 5.41) is 1.10. The summed E-state index contributed by atoms with van der Waals surface area (Å²) >= 11 is 0. The van der Waals surface area contributed by atoms with Crippen molar-refractivity contribution in [2.24, 2.45) is 11.7 Å². The number of para-hydroxylation sites is 1. The van der Waals surface area contributed by atoms with Crippen molar-refractivity contribution in [1.82, 2.24) is 4.90 Å². The first-order valence-electron chi connectivity index (χ1n) is 7.66. The molecule has 1 aromatic carbocycles. The molecule has 0 saturated carbocycles. The minimum absolute atomic E-state index is 0.150. The first-order valence-corrected chi connectivity index (χ1v) is 7.66. The molecule has 2 N–H and O–H groups in total. The number of nitrogens with two attached hydrogens (primary N) is 1. The molecule has 4 nitrogen and oxygen atoms in total. The molecule has 1 atom stereocenters. The Morgan fingerprint density at radius 2 is 2.05 bits per heavy atom. The number of fused-ring (bicyclic) bond motifs is 1. The van der Waals surface area contributed by atoms with Crippen molar-refractivity contribution < 1.29 is 9.21 Å². The van der Waals surface area contributed by atoms with Gasteiger partial charge in [-0.1, -0.05) is 18.2 Å². The number of aryl methyl sites for hydroxylation is 1. The molecule has 2 aromatic rings. The predicted octanol–water partition coefficient (Wildman–Crippen LogP) is 2.48. The van der Waals surface area contributed by atoms with Crippen LogP contribution in [0, 0.1) is 12.8 Å². The molecule has 4 heteroatoms. The Balaban J connectivity index is 1.85. The lowest BCUT2D eigenvalue weighted by Gasteiger charge is -2.22. The van der Waals surface area contributed by atoms with Crippen molar-refractivity contribution in [3.8, 4) is 0 Å². The van der Waals surface area contributed by atoms with E-state index in [0.29, 0.717) is 13.0 Å². The van der Waals surface area contributed by atoms with Crippen molar-refractivity contribution in [1.29, 1.82) is 0 Å². The maximum absolute atomic E-state index is 12.6. The molecule has 1 aliphatic heterocycles. The molecule has 1 fully saturated rings. The summed E-state index contributed by atoms with van der Waals surface area (Å²) in [4.78, 5) is 14.5. The molecule has 1 aromatic heterocycles. The van der Waals surface area contributed by atoms with Gasteiger partial charge in [-0.05, 0) is 32.3 Å². The number of likely N-dealkylation sites (tertiary alicyclic amines) is 1. The minimum atomic E-state index is -0.150. The second-order valence-electron chi connectivity index (χ2n) is 5.80. The summed E-state index contributed by atoms with van der Waals surface area (Å²) in [6, 6.07) is 7.98. The van der Waals surface area contributed by atoms with Crippen LogP contribution >= 0.6 is 0 Å². The largest absolute Gasteiger partial charge is 0.461 e. The SMILES string of the molecule is Cc1oc2ccccc2c1CC(CN)C(=O)N1CCCC1. The Morgan fingerprint density at radius 3 is 2.76 bits per heavy atom. The van der Waals surface area contributed by atoms with E-state index in [9.17, 15) is 4.79 Å². The van der Waals surface area contributed by atoms with E-state index in [4.69, 9.17) is 10.2 Å². The lowest BCUT2D eigenvalue weighted by molar-refractivity contribution is -0.134. The summed E-state index contributed by atoms with van der Waals surface area (Å²) in [5.74, 6) is 0.936. The molecule has 0 radical (unpaired) electrons. The lowest BCUT2D eigenvalue weighted by Crippen LogP contribution is -2.38. The summed E-state index contributed by atoms with van der Waals surface area (Å²) in [5.41, 5.74) is 7.88. The second-order valence-corrected chi connectivity index (χ2v) is 5.80. The summed E-state index contributed by atoms with van der Waals surface area (Å²) in [6.45, 7) is 4.10. The fraction of sp³-hybridized carbons (Fsp3) is 0.471. The van der Waals surface area contributed by atoms with Gasteiger partial charge in [0, 0.05) is 30.6 Å². The Hall–Kier alpha value is -1.81. The van der Waals surface area contributed by atoms with Gasteiger partial charge < -0.3 is 15.1 Å². The standard InChI is InChI=1S/C17H22N2O2/c1-12-15(14-6-2-3-7-16(14)21-12)10-13(11-18)17(20)19-8-4-5-9-19/h2-3,6-7,13H,4-5,8-11,18H2,1H3. The molecule has 0 bridgehead atoms. The Labute approximate surface area is 124 Å². The first-order chi connectivity index (χ1) is 10.2. The third-order valence-electron chi connectivity index (χ3n) is 4.40. The zero-order chi connectivity index (χ0) is 14.8. The predicted molar refractivity (Wildman–Crippen MR) is 83.0 cm³/mol. The van der Waals surface area contributed by atoms with E-state index in [1.54, 1.807) is 0 Å². The highest BCUT2D eigenvalue weighted by Gasteiger charge is 2.27. The van der Waals surface area contributed by atoms with Gasteiger partial charge >= 0.3 is 0 Å². The van der Waals surface area contributed by atoms with Crippen LogP contribution in [0.5, 0.6) is 0 Å². The molecular weight excluding hydrogens is 264 g/mol. The summed E-state index contributed by atoms with van der Waals surface area (Å²) in [6.07, 6.45) is 2.88. The van der Waals surface area contributed by atoms with Crippen molar-refractivity contribution >= 4 is 16.9 Å². The smallest absolute Gasteiger partial charge is 0.227 e. The zero-order valence-corrected chi connectivity index (χ0v) is 12.5. The van der Waals surface area contributed by atoms with E-state index in [2.05, 4.69) is 6.07 Å².